The summed E-state index contributed by atoms with van der Waals surface area (Å²) in [6.07, 6.45) is 0. The zero-order chi connectivity index (χ0) is 18.5. The van der Waals surface area contributed by atoms with Gasteiger partial charge in [0, 0.05) is 31.2 Å². The molecule has 2 aromatic carbocycles. The normalized spacial score (nSPS) is 16.3. The van der Waals surface area contributed by atoms with E-state index < -0.39 is 0 Å². The smallest absolute Gasteiger partial charge is 0.234 e. The molecule has 0 saturated carbocycles. The molecular formula is C20H24ClN3O2. The minimum atomic E-state index is -0.0534. The van der Waals surface area contributed by atoms with Crippen molar-refractivity contribution in [1.29, 1.82) is 0 Å². The lowest BCUT2D eigenvalue weighted by molar-refractivity contribution is -0.123. The average molecular weight is 374 g/mol. The van der Waals surface area contributed by atoms with E-state index in [4.69, 9.17) is 11.6 Å². The first-order valence-electron chi connectivity index (χ1n) is 8.83. The summed E-state index contributed by atoms with van der Waals surface area (Å²) in [6, 6.07) is 14.8. The number of benzene rings is 2. The van der Waals surface area contributed by atoms with Crippen molar-refractivity contribution in [2.75, 3.05) is 37.6 Å². The van der Waals surface area contributed by atoms with Gasteiger partial charge in [-0.2, -0.15) is 0 Å². The standard InChI is InChI=1S/C20H24ClN3O2/c1-15(16-6-8-17(21)9-7-16)22-20(26)14-23-10-12-24(13-11-23)18-4-2-3-5-19(18)25/h2-9,15,25H,10-14H2,1H3,(H,22,26)/t15-/m0/s1. The number of hydrogen-bond acceptors (Lipinski definition) is 4. The third-order valence-corrected chi connectivity index (χ3v) is 4.96. The van der Waals surface area contributed by atoms with Crippen LogP contribution in [0.25, 0.3) is 0 Å². The van der Waals surface area contributed by atoms with Crippen LogP contribution in [0.3, 0.4) is 0 Å². The topological polar surface area (TPSA) is 55.8 Å². The molecule has 6 heteroatoms. The Morgan fingerprint density at radius 3 is 2.42 bits per heavy atom. The molecule has 1 amide bonds. The van der Waals surface area contributed by atoms with Crippen molar-refractivity contribution >= 4 is 23.2 Å². The van der Waals surface area contributed by atoms with Crippen molar-refractivity contribution in [3.8, 4) is 5.75 Å². The van der Waals surface area contributed by atoms with Crippen molar-refractivity contribution < 1.29 is 9.90 Å². The lowest BCUT2D eigenvalue weighted by Crippen LogP contribution is -2.49. The Morgan fingerprint density at radius 2 is 1.77 bits per heavy atom. The summed E-state index contributed by atoms with van der Waals surface area (Å²) in [7, 11) is 0. The van der Waals surface area contributed by atoms with E-state index in [0.29, 0.717) is 17.3 Å². The van der Waals surface area contributed by atoms with Crippen LogP contribution in [-0.2, 0) is 4.79 Å². The highest BCUT2D eigenvalue weighted by molar-refractivity contribution is 6.30. The number of nitrogens with zero attached hydrogens (tertiary/aromatic N) is 2. The second-order valence-corrected chi connectivity index (χ2v) is 7.03. The third kappa shape index (κ3) is 4.68. The van der Waals surface area contributed by atoms with Crippen LogP contribution >= 0.6 is 11.6 Å². The number of carbonyl (C=O) groups is 1. The van der Waals surface area contributed by atoms with E-state index in [2.05, 4.69) is 15.1 Å². The summed E-state index contributed by atoms with van der Waals surface area (Å²) in [5, 5.41) is 13.7. The van der Waals surface area contributed by atoms with E-state index in [1.807, 2.05) is 49.4 Å². The number of phenols is 1. The minimum Gasteiger partial charge on any atom is -0.506 e. The van der Waals surface area contributed by atoms with E-state index in [0.717, 1.165) is 37.4 Å². The van der Waals surface area contributed by atoms with Crippen LogP contribution in [0.15, 0.2) is 48.5 Å². The summed E-state index contributed by atoms with van der Waals surface area (Å²) < 4.78 is 0. The van der Waals surface area contributed by atoms with Gasteiger partial charge in [0.1, 0.15) is 5.75 Å². The van der Waals surface area contributed by atoms with Gasteiger partial charge in [-0.1, -0.05) is 35.9 Å². The Labute approximate surface area is 159 Å². The quantitative estimate of drug-likeness (QED) is 0.845. The molecule has 0 aromatic heterocycles. The molecule has 5 nitrogen and oxygen atoms in total. The molecule has 0 radical (unpaired) electrons. The molecule has 1 aliphatic rings. The highest BCUT2D eigenvalue weighted by Crippen LogP contribution is 2.27. The van der Waals surface area contributed by atoms with Gasteiger partial charge in [0.25, 0.3) is 0 Å². The maximum Gasteiger partial charge on any atom is 0.234 e. The zero-order valence-corrected chi connectivity index (χ0v) is 15.6. The lowest BCUT2D eigenvalue weighted by Gasteiger charge is -2.36. The van der Waals surface area contributed by atoms with Gasteiger partial charge < -0.3 is 15.3 Å². The molecule has 138 valence electrons. The second-order valence-electron chi connectivity index (χ2n) is 6.59. The van der Waals surface area contributed by atoms with E-state index in [9.17, 15) is 9.90 Å². The molecule has 0 unspecified atom stereocenters. The van der Waals surface area contributed by atoms with Crippen molar-refractivity contribution in [3.05, 3.63) is 59.1 Å². The number of para-hydroxylation sites is 2. The first-order chi connectivity index (χ1) is 12.5. The lowest BCUT2D eigenvalue weighted by atomic mass is 10.1. The Balaban J connectivity index is 1.47. The number of anilines is 1. The number of carbonyl (C=O) groups excluding carboxylic acids is 1. The highest BCUT2D eigenvalue weighted by Gasteiger charge is 2.21. The van der Waals surface area contributed by atoms with Crippen LogP contribution in [0.1, 0.15) is 18.5 Å². The summed E-state index contributed by atoms with van der Waals surface area (Å²) in [4.78, 5) is 16.6. The Morgan fingerprint density at radius 1 is 1.12 bits per heavy atom. The molecule has 2 N–H and O–H groups in total. The van der Waals surface area contributed by atoms with Crippen LogP contribution < -0.4 is 10.2 Å². The van der Waals surface area contributed by atoms with Gasteiger partial charge in [-0.05, 0) is 36.8 Å². The number of hydrogen-bond donors (Lipinski definition) is 2. The molecule has 0 spiro atoms. The Kier molecular flexibility index (Phi) is 6.01. The second kappa shape index (κ2) is 8.43. The van der Waals surface area contributed by atoms with Gasteiger partial charge in [0.05, 0.1) is 18.3 Å². The minimum absolute atomic E-state index is 0.0171. The first-order valence-corrected chi connectivity index (χ1v) is 9.21. The Bertz CT molecular complexity index is 743. The SMILES string of the molecule is C[C@H](NC(=O)CN1CCN(c2ccccc2O)CC1)c1ccc(Cl)cc1. The van der Waals surface area contributed by atoms with Crippen LogP contribution in [0, 0.1) is 0 Å². The molecule has 1 atom stereocenters. The zero-order valence-electron chi connectivity index (χ0n) is 14.9. The van der Waals surface area contributed by atoms with E-state index in [1.54, 1.807) is 6.07 Å². The summed E-state index contributed by atoms with van der Waals surface area (Å²) >= 11 is 5.90. The maximum atomic E-state index is 12.3. The van der Waals surface area contributed by atoms with E-state index in [1.165, 1.54) is 0 Å². The monoisotopic (exact) mass is 373 g/mol. The van der Waals surface area contributed by atoms with Crippen molar-refractivity contribution in [2.24, 2.45) is 0 Å². The Hall–Kier alpha value is -2.24. The first kappa shape index (κ1) is 18.5. The fraction of sp³-hybridized carbons (Fsp3) is 0.350. The summed E-state index contributed by atoms with van der Waals surface area (Å²) in [5.74, 6) is 0.318. The predicted octanol–water partition coefficient (Wildman–Crippen LogP) is 3.05. The highest BCUT2D eigenvalue weighted by atomic mass is 35.5. The molecule has 1 fully saturated rings. The largest absolute Gasteiger partial charge is 0.506 e. The molecule has 1 aliphatic heterocycles. The van der Waals surface area contributed by atoms with Gasteiger partial charge in [-0.3, -0.25) is 9.69 Å². The summed E-state index contributed by atoms with van der Waals surface area (Å²) in [6.45, 7) is 5.51. The number of piperazine rings is 1. The number of nitrogens with one attached hydrogen (secondary N) is 1. The van der Waals surface area contributed by atoms with Crippen LogP contribution in [0.2, 0.25) is 5.02 Å². The molecule has 26 heavy (non-hydrogen) atoms. The van der Waals surface area contributed by atoms with Gasteiger partial charge in [-0.15, -0.1) is 0 Å². The number of phenolic OH excluding ortho intramolecular Hbond substituents is 1. The molecule has 2 aromatic rings. The van der Waals surface area contributed by atoms with Crippen LogP contribution in [0.4, 0.5) is 5.69 Å². The molecule has 1 heterocycles. The number of halogens is 1. The predicted molar refractivity (Wildman–Crippen MR) is 105 cm³/mol. The van der Waals surface area contributed by atoms with Gasteiger partial charge in [0.15, 0.2) is 0 Å². The fourth-order valence-corrected chi connectivity index (χ4v) is 3.33. The van der Waals surface area contributed by atoms with Crippen molar-refractivity contribution in [1.82, 2.24) is 10.2 Å². The molecule has 3 rings (SSSR count). The van der Waals surface area contributed by atoms with Crippen LogP contribution in [-0.4, -0.2) is 48.6 Å². The van der Waals surface area contributed by atoms with Gasteiger partial charge in [-0.25, -0.2) is 0 Å². The fourth-order valence-electron chi connectivity index (χ4n) is 3.20. The molecule has 0 aliphatic carbocycles. The molecular weight excluding hydrogens is 350 g/mol. The number of rotatable bonds is 5. The number of aromatic hydroxyl groups is 1. The maximum absolute atomic E-state index is 12.3. The van der Waals surface area contributed by atoms with Gasteiger partial charge >= 0.3 is 0 Å². The third-order valence-electron chi connectivity index (χ3n) is 4.71. The molecule has 1 saturated heterocycles. The van der Waals surface area contributed by atoms with E-state index >= 15 is 0 Å². The number of amides is 1. The molecule has 0 bridgehead atoms. The summed E-state index contributed by atoms with van der Waals surface area (Å²) in [5.41, 5.74) is 1.89. The van der Waals surface area contributed by atoms with Crippen molar-refractivity contribution in [3.63, 3.8) is 0 Å². The van der Waals surface area contributed by atoms with Crippen LogP contribution in [0.5, 0.6) is 5.75 Å². The average Bonchev–Trinajstić information content (AvgIpc) is 2.63. The van der Waals surface area contributed by atoms with Gasteiger partial charge in [0.2, 0.25) is 5.91 Å². The van der Waals surface area contributed by atoms with E-state index in [-0.39, 0.29) is 11.9 Å². The van der Waals surface area contributed by atoms with Crippen molar-refractivity contribution in [2.45, 2.75) is 13.0 Å².